The second-order valence-corrected chi connectivity index (χ2v) is 3.17. The molecule has 0 aliphatic rings. The topological polar surface area (TPSA) is 64.9 Å². The number of benzene rings is 1. The number of hydrogen-bond donors (Lipinski definition) is 2. The first-order chi connectivity index (χ1) is 6.20. The summed E-state index contributed by atoms with van der Waals surface area (Å²) in [7, 11) is 0. The summed E-state index contributed by atoms with van der Waals surface area (Å²) in [5.74, 6) is 0. The van der Waals surface area contributed by atoms with Gasteiger partial charge in [-0.1, -0.05) is 11.6 Å². The molecule has 0 saturated carbocycles. The van der Waals surface area contributed by atoms with E-state index >= 15 is 0 Å². The Kier molecular flexibility index (Phi) is 1.74. The lowest BCUT2D eigenvalue weighted by Crippen LogP contribution is -1.95. The molecule has 1 heterocycles. The van der Waals surface area contributed by atoms with Crippen LogP contribution >= 0.6 is 11.6 Å². The lowest BCUT2D eigenvalue weighted by molar-refractivity contribution is 1.41. The lowest BCUT2D eigenvalue weighted by atomic mass is 10.1. The SMILES string of the molecule is Nc1cc(Cl)c(N)c2ncccc12. The zero-order valence-electron chi connectivity index (χ0n) is 6.79. The van der Waals surface area contributed by atoms with Crippen molar-refractivity contribution in [3.05, 3.63) is 29.4 Å². The van der Waals surface area contributed by atoms with Gasteiger partial charge in [-0.2, -0.15) is 0 Å². The van der Waals surface area contributed by atoms with E-state index in [4.69, 9.17) is 23.1 Å². The second-order valence-electron chi connectivity index (χ2n) is 2.76. The number of nitrogens with two attached hydrogens (primary N) is 2. The van der Waals surface area contributed by atoms with E-state index in [2.05, 4.69) is 4.98 Å². The molecule has 66 valence electrons. The van der Waals surface area contributed by atoms with E-state index in [1.807, 2.05) is 12.1 Å². The first-order valence-electron chi connectivity index (χ1n) is 3.78. The summed E-state index contributed by atoms with van der Waals surface area (Å²) >= 11 is 5.85. The van der Waals surface area contributed by atoms with Crippen molar-refractivity contribution in [2.24, 2.45) is 0 Å². The van der Waals surface area contributed by atoms with Gasteiger partial charge in [0.05, 0.1) is 16.2 Å². The summed E-state index contributed by atoms with van der Waals surface area (Å²) in [6.45, 7) is 0. The normalized spacial score (nSPS) is 10.5. The fourth-order valence-electron chi connectivity index (χ4n) is 1.26. The number of pyridine rings is 1. The molecule has 4 N–H and O–H groups in total. The molecule has 2 rings (SSSR count). The smallest absolute Gasteiger partial charge is 0.0967 e. The van der Waals surface area contributed by atoms with Crippen molar-refractivity contribution in [1.29, 1.82) is 0 Å². The number of anilines is 2. The Morgan fingerprint density at radius 2 is 2.08 bits per heavy atom. The van der Waals surface area contributed by atoms with E-state index < -0.39 is 0 Å². The molecule has 1 aromatic heterocycles. The fourth-order valence-corrected chi connectivity index (χ4v) is 1.47. The van der Waals surface area contributed by atoms with Crippen molar-refractivity contribution in [3.63, 3.8) is 0 Å². The van der Waals surface area contributed by atoms with Crippen LogP contribution in [0.4, 0.5) is 11.4 Å². The minimum absolute atomic E-state index is 0.448. The Morgan fingerprint density at radius 3 is 2.85 bits per heavy atom. The molecule has 0 bridgehead atoms. The number of nitrogens with zero attached hydrogens (tertiary/aromatic N) is 1. The molecule has 0 saturated heterocycles. The molecule has 0 atom stereocenters. The van der Waals surface area contributed by atoms with E-state index in [0.717, 1.165) is 5.39 Å². The van der Waals surface area contributed by atoms with E-state index in [9.17, 15) is 0 Å². The van der Waals surface area contributed by atoms with E-state index in [1.54, 1.807) is 12.3 Å². The van der Waals surface area contributed by atoms with E-state index in [-0.39, 0.29) is 0 Å². The largest absolute Gasteiger partial charge is 0.398 e. The van der Waals surface area contributed by atoms with Gasteiger partial charge in [0.1, 0.15) is 0 Å². The molecule has 13 heavy (non-hydrogen) atoms. The Bertz CT molecular complexity index is 468. The van der Waals surface area contributed by atoms with Crippen molar-refractivity contribution in [3.8, 4) is 0 Å². The van der Waals surface area contributed by atoms with Gasteiger partial charge in [0, 0.05) is 17.3 Å². The van der Waals surface area contributed by atoms with Crippen molar-refractivity contribution in [2.75, 3.05) is 11.5 Å². The van der Waals surface area contributed by atoms with Crippen LogP contribution in [0.3, 0.4) is 0 Å². The molecular weight excluding hydrogens is 186 g/mol. The summed E-state index contributed by atoms with van der Waals surface area (Å²) in [5.41, 5.74) is 13.2. The average Bonchev–Trinajstić information content (AvgIpc) is 2.15. The summed E-state index contributed by atoms with van der Waals surface area (Å²) in [6, 6.07) is 5.32. The van der Waals surface area contributed by atoms with Crippen LogP contribution in [-0.2, 0) is 0 Å². The zero-order chi connectivity index (χ0) is 9.42. The van der Waals surface area contributed by atoms with Crippen LogP contribution in [0.1, 0.15) is 0 Å². The maximum atomic E-state index is 5.85. The number of fused-ring (bicyclic) bond motifs is 1. The van der Waals surface area contributed by atoms with Gasteiger partial charge in [0.15, 0.2) is 0 Å². The first-order valence-corrected chi connectivity index (χ1v) is 4.16. The maximum absolute atomic E-state index is 5.85. The summed E-state index contributed by atoms with van der Waals surface area (Å²) in [5, 5.41) is 1.29. The molecule has 0 unspecified atom stereocenters. The molecule has 1 aromatic carbocycles. The van der Waals surface area contributed by atoms with Crippen molar-refractivity contribution < 1.29 is 0 Å². The molecule has 0 radical (unpaired) electrons. The highest BCUT2D eigenvalue weighted by atomic mass is 35.5. The highest BCUT2D eigenvalue weighted by Crippen LogP contribution is 2.31. The van der Waals surface area contributed by atoms with Crippen LogP contribution < -0.4 is 11.5 Å². The fraction of sp³-hybridized carbons (Fsp3) is 0. The summed E-state index contributed by atoms with van der Waals surface area (Å²) < 4.78 is 0. The highest BCUT2D eigenvalue weighted by Gasteiger charge is 2.06. The van der Waals surface area contributed by atoms with Gasteiger partial charge in [-0.25, -0.2) is 0 Å². The molecule has 0 aliphatic carbocycles. The lowest BCUT2D eigenvalue weighted by Gasteiger charge is -2.05. The molecule has 0 aliphatic heterocycles. The maximum Gasteiger partial charge on any atom is 0.0967 e. The number of aromatic nitrogens is 1. The van der Waals surface area contributed by atoms with Crippen molar-refractivity contribution >= 4 is 33.9 Å². The zero-order valence-corrected chi connectivity index (χ0v) is 7.55. The Labute approximate surface area is 80.3 Å². The quantitative estimate of drug-likeness (QED) is 0.630. The third kappa shape index (κ3) is 1.17. The van der Waals surface area contributed by atoms with E-state index in [0.29, 0.717) is 21.9 Å². The third-order valence-corrected chi connectivity index (χ3v) is 2.23. The van der Waals surface area contributed by atoms with Gasteiger partial charge < -0.3 is 11.5 Å². The highest BCUT2D eigenvalue weighted by molar-refractivity contribution is 6.35. The molecule has 0 spiro atoms. The predicted octanol–water partition coefficient (Wildman–Crippen LogP) is 2.05. The molecule has 0 fully saturated rings. The number of halogens is 1. The van der Waals surface area contributed by atoms with Crippen LogP contribution in [-0.4, -0.2) is 4.98 Å². The predicted molar refractivity (Wildman–Crippen MR) is 55.6 cm³/mol. The number of rotatable bonds is 0. The minimum atomic E-state index is 0.448. The van der Waals surface area contributed by atoms with Crippen molar-refractivity contribution in [2.45, 2.75) is 0 Å². The van der Waals surface area contributed by atoms with Crippen molar-refractivity contribution in [1.82, 2.24) is 4.98 Å². The molecule has 3 nitrogen and oxygen atoms in total. The minimum Gasteiger partial charge on any atom is -0.398 e. The molecule has 4 heteroatoms. The summed E-state index contributed by atoms with van der Waals surface area (Å²) in [4.78, 5) is 4.11. The van der Waals surface area contributed by atoms with Crippen LogP contribution in [0.15, 0.2) is 24.4 Å². The molecule has 2 aromatic rings. The Hall–Kier alpha value is -1.48. The van der Waals surface area contributed by atoms with Crippen LogP contribution in [0.5, 0.6) is 0 Å². The summed E-state index contributed by atoms with van der Waals surface area (Å²) in [6.07, 6.45) is 1.66. The van der Waals surface area contributed by atoms with Gasteiger partial charge in [0.2, 0.25) is 0 Å². The van der Waals surface area contributed by atoms with Gasteiger partial charge in [-0.15, -0.1) is 0 Å². The number of nitrogen functional groups attached to an aromatic ring is 2. The Morgan fingerprint density at radius 1 is 1.31 bits per heavy atom. The number of hydrogen-bond acceptors (Lipinski definition) is 3. The monoisotopic (exact) mass is 193 g/mol. The Balaban J connectivity index is 2.97. The van der Waals surface area contributed by atoms with Crippen LogP contribution in [0.25, 0.3) is 10.9 Å². The standard InChI is InChI=1S/C9H8ClN3/c10-6-4-7(11)5-2-1-3-13-9(5)8(6)12/h1-4H,11-12H2. The van der Waals surface area contributed by atoms with E-state index in [1.165, 1.54) is 0 Å². The molecular formula is C9H8ClN3. The van der Waals surface area contributed by atoms with Gasteiger partial charge >= 0.3 is 0 Å². The van der Waals surface area contributed by atoms with Gasteiger partial charge in [-0.3, -0.25) is 4.98 Å². The van der Waals surface area contributed by atoms with Crippen LogP contribution in [0, 0.1) is 0 Å². The molecule has 0 amide bonds. The van der Waals surface area contributed by atoms with Crippen LogP contribution in [0.2, 0.25) is 5.02 Å². The second kappa shape index (κ2) is 2.78. The van der Waals surface area contributed by atoms with Gasteiger partial charge in [0.25, 0.3) is 0 Å². The van der Waals surface area contributed by atoms with Gasteiger partial charge in [-0.05, 0) is 18.2 Å². The first kappa shape index (κ1) is 8.13. The third-order valence-electron chi connectivity index (χ3n) is 1.91. The average molecular weight is 194 g/mol.